The average molecular weight is 803 g/mol. The van der Waals surface area contributed by atoms with E-state index in [4.69, 9.17) is 14.2 Å². The molecule has 16 heteroatoms. The monoisotopic (exact) mass is 802 g/mol. The molecule has 0 saturated heterocycles. The smallest absolute Gasteiger partial charge is 0.337 e. The zero-order chi connectivity index (χ0) is 41.6. The first kappa shape index (κ1) is 41.0. The molecule has 0 aliphatic rings. The molecule has 0 aliphatic heterocycles. The van der Waals surface area contributed by atoms with Gasteiger partial charge in [0.2, 0.25) is 0 Å². The summed E-state index contributed by atoms with van der Waals surface area (Å²) in [5.41, 5.74) is 6.23. The van der Waals surface area contributed by atoms with Crippen molar-refractivity contribution in [1.29, 1.82) is 0 Å². The first-order chi connectivity index (χ1) is 28.6. The number of halogens is 2. The number of aromatic nitrogens is 6. The minimum absolute atomic E-state index is 0.199. The Balaban J connectivity index is 0.000000204. The van der Waals surface area contributed by atoms with Crippen LogP contribution in [0, 0.1) is 11.6 Å². The summed E-state index contributed by atoms with van der Waals surface area (Å²) in [6, 6.07) is 29.2. The quantitative estimate of drug-likeness (QED) is 0.0909. The third kappa shape index (κ3) is 11.9. The zero-order valence-corrected chi connectivity index (χ0v) is 32.1. The van der Waals surface area contributed by atoms with E-state index in [9.17, 15) is 23.5 Å². The molecular weight excluding hydrogens is 763 g/mol. The molecule has 14 nitrogen and oxygen atoms in total. The molecule has 0 spiro atoms. The number of benzene rings is 5. The van der Waals surface area contributed by atoms with E-state index in [2.05, 4.69) is 30.8 Å². The highest BCUT2D eigenvalue weighted by molar-refractivity contribution is 5.91. The van der Waals surface area contributed by atoms with E-state index in [1.165, 1.54) is 45.1 Å². The molecule has 3 N–H and O–H groups in total. The van der Waals surface area contributed by atoms with Gasteiger partial charge >= 0.3 is 11.9 Å². The number of carbonyl (C=O) groups is 2. The number of ether oxygens (including phenoxy) is 3. The first-order valence-corrected chi connectivity index (χ1v) is 18.2. The fraction of sp³-hybridized carbons (Fsp3) is 0.163. The summed E-state index contributed by atoms with van der Waals surface area (Å²) in [5, 5.41) is 23.8. The summed E-state index contributed by atoms with van der Waals surface area (Å²) in [4.78, 5) is 31.8. The number of phenols is 1. The molecule has 0 radical (unpaired) electrons. The Labute approximate surface area is 338 Å². The molecular formula is C43H40F2N8O6. The second-order valence-electron chi connectivity index (χ2n) is 13.0. The highest BCUT2D eigenvalue weighted by Crippen LogP contribution is 2.23. The van der Waals surface area contributed by atoms with Gasteiger partial charge in [0.25, 0.3) is 0 Å². The Bertz CT molecular complexity index is 2470. The summed E-state index contributed by atoms with van der Waals surface area (Å²) in [6.07, 6.45) is 6.06. The van der Waals surface area contributed by atoms with Gasteiger partial charge in [0, 0.05) is 24.5 Å². The minimum atomic E-state index is -0.681. The number of nitrogens with one attached hydrogen (secondary N) is 2. The van der Waals surface area contributed by atoms with Gasteiger partial charge in [-0.3, -0.25) is 0 Å². The fourth-order valence-corrected chi connectivity index (χ4v) is 5.82. The van der Waals surface area contributed by atoms with Gasteiger partial charge in [-0.25, -0.2) is 37.7 Å². The summed E-state index contributed by atoms with van der Waals surface area (Å²) < 4.78 is 46.5. The van der Waals surface area contributed by atoms with Gasteiger partial charge in [0.15, 0.2) is 23.1 Å². The molecule has 302 valence electrons. The molecule has 0 amide bonds. The Kier molecular flexibility index (Phi) is 13.9. The number of hydrogen-bond acceptors (Lipinski definition) is 12. The van der Waals surface area contributed by atoms with Crippen molar-refractivity contribution >= 4 is 23.3 Å². The van der Waals surface area contributed by atoms with Gasteiger partial charge in [0.05, 0.1) is 38.4 Å². The second-order valence-corrected chi connectivity index (χ2v) is 13.0. The molecule has 5 aromatic carbocycles. The average Bonchev–Trinajstić information content (AvgIpc) is 3.98. The van der Waals surface area contributed by atoms with E-state index in [0.717, 1.165) is 22.3 Å². The molecule has 0 bridgehead atoms. The molecule has 2 aromatic heterocycles. The molecule has 0 saturated carbocycles. The molecule has 2 heterocycles. The number of phenolic OH excluding ortho intramolecular Hbond substituents is 1. The largest absolute Gasteiger partial charge is 0.505 e. The maximum absolute atomic E-state index is 14.5. The number of carbonyl (C=O) groups excluding carboxylic acids is 2. The number of anilines is 2. The van der Waals surface area contributed by atoms with Gasteiger partial charge in [-0.05, 0) is 88.5 Å². The summed E-state index contributed by atoms with van der Waals surface area (Å²) in [7, 11) is 2.66. The van der Waals surface area contributed by atoms with E-state index < -0.39 is 29.3 Å². The predicted octanol–water partition coefficient (Wildman–Crippen LogP) is 7.01. The van der Waals surface area contributed by atoms with Crippen molar-refractivity contribution in [3.63, 3.8) is 0 Å². The van der Waals surface area contributed by atoms with Gasteiger partial charge in [0.1, 0.15) is 31.9 Å². The van der Waals surface area contributed by atoms with Crippen LogP contribution >= 0.6 is 0 Å². The van der Waals surface area contributed by atoms with Crippen LogP contribution in [-0.4, -0.2) is 60.8 Å². The second kappa shape index (κ2) is 20.0. The first-order valence-electron chi connectivity index (χ1n) is 18.2. The lowest BCUT2D eigenvalue weighted by atomic mass is 10.1. The Morgan fingerprint density at radius 2 is 1.15 bits per heavy atom. The van der Waals surface area contributed by atoms with Gasteiger partial charge in [-0.1, -0.05) is 42.5 Å². The van der Waals surface area contributed by atoms with E-state index in [0.29, 0.717) is 60.9 Å². The van der Waals surface area contributed by atoms with Crippen LogP contribution in [0.25, 0.3) is 0 Å². The van der Waals surface area contributed by atoms with Crippen LogP contribution in [0.1, 0.15) is 48.5 Å². The normalized spacial score (nSPS) is 10.6. The predicted molar refractivity (Wildman–Crippen MR) is 214 cm³/mol. The number of hydrogen-bond donors (Lipinski definition) is 3. The topological polar surface area (TPSA) is 168 Å². The van der Waals surface area contributed by atoms with Crippen LogP contribution in [0.4, 0.5) is 20.2 Å². The van der Waals surface area contributed by atoms with Crippen LogP contribution in [0.2, 0.25) is 0 Å². The summed E-state index contributed by atoms with van der Waals surface area (Å²) >= 11 is 0. The SMILES string of the molecule is COC(=O)c1cc(Cn2cncn2)cc(NCc2ccc(O)c(F)c2)c1.COC(=O)c1cc(Cn2cncn2)cc(NCc2ccc(OCc3ccccc3)c(F)c2)c1. The lowest BCUT2D eigenvalue weighted by Gasteiger charge is -2.12. The standard InChI is InChI=1S/C25H23FN4O3.C18H17FN4O3/c1-32-25(31)21-9-20(14-30-17-27-16-29-30)10-22(12-21)28-13-19-7-8-24(23(26)11-19)33-15-18-5-3-2-4-6-18;1-26-18(25)14-4-13(9-23-11-20-10-22-23)5-15(7-14)21-8-12-2-3-17(24)16(19)6-12/h2-12,16-17,28H,13-15H2,1H3;2-7,10-11,21,24H,8-9H2,1H3. The van der Waals surface area contributed by atoms with E-state index in [1.807, 2.05) is 42.5 Å². The lowest BCUT2D eigenvalue weighted by Crippen LogP contribution is -2.08. The van der Waals surface area contributed by atoms with Crippen molar-refractivity contribution in [2.75, 3.05) is 24.9 Å². The van der Waals surface area contributed by atoms with Crippen molar-refractivity contribution < 1.29 is 37.7 Å². The highest BCUT2D eigenvalue weighted by Gasteiger charge is 2.13. The number of rotatable bonds is 15. The maximum Gasteiger partial charge on any atom is 0.337 e. The van der Waals surface area contributed by atoms with E-state index >= 15 is 0 Å². The molecule has 59 heavy (non-hydrogen) atoms. The van der Waals surface area contributed by atoms with Crippen LogP contribution in [0.5, 0.6) is 11.5 Å². The fourth-order valence-electron chi connectivity index (χ4n) is 5.82. The van der Waals surface area contributed by atoms with Crippen molar-refractivity contribution in [2.45, 2.75) is 32.8 Å². The van der Waals surface area contributed by atoms with E-state index in [-0.39, 0.29) is 5.75 Å². The number of aromatic hydroxyl groups is 1. The van der Waals surface area contributed by atoms with Crippen molar-refractivity contribution in [3.8, 4) is 11.5 Å². The number of esters is 2. The Morgan fingerprint density at radius 1 is 0.627 bits per heavy atom. The molecule has 7 aromatic rings. The Morgan fingerprint density at radius 3 is 1.63 bits per heavy atom. The molecule has 0 fully saturated rings. The van der Waals surface area contributed by atoms with Crippen molar-refractivity contribution in [2.24, 2.45) is 0 Å². The third-order valence-electron chi connectivity index (χ3n) is 8.69. The van der Waals surface area contributed by atoms with Crippen LogP contribution in [0.3, 0.4) is 0 Å². The molecule has 0 aliphatic carbocycles. The molecule has 0 unspecified atom stereocenters. The highest BCUT2D eigenvalue weighted by atomic mass is 19.1. The van der Waals surface area contributed by atoms with E-state index in [1.54, 1.807) is 64.5 Å². The van der Waals surface area contributed by atoms with Crippen LogP contribution in [0.15, 0.2) is 128 Å². The minimum Gasteiger partial charge on any atom is -0.505 e. The molecule has 7 rings (SSSR count). The number of nitrogens with zero attached hydrogens (tertiary/aromatic N) is 6. The van der Waals surface area contributed by atoms with Gasteiger partial charge < -0.3 is 30.0 Å². The van der Waals surface area contributed by atoms with Gasteiger partial charge in [-0.15, -0.1) is 0 Å². The summed E-state index contributed by atoms with van der Waals surface area (Å²) in [5.74, 6) is -2.20. The maximum atomic E-state index is 14.5. The van der Waals surface area contributed by atoms with Gasteiger partial charge in [-0.2, -0.15) is 10.2 Å². The zero-order valence-electron chi connectivity index (χ0n) is 32.1. The summed E-state index contributed by atoms with van der Waals surface area (Å²) in [6.45, 7) is 1.87. The van der Waals surface area contributed by atoms with Crippen LogP contribution in [-0.2, 0) is 42.3 Å². The van der Waals surface area contributed by atoms with Crippen molar-refractivity contribution in [1.82, 2.24) is 29.5 Å². The third-order valence-corrected chi connectivity index (χ3v) is 8.69. The Hall–Kier alpha value is -7.62. The van der Waals surface area contributed by atoms with Crippen molar-refractivity contribution in [3.05, 3.63) is 179 Å². The molecule has 0 atom stereocenters. The van der Waals surface area contributed by atoms with Crippen LogP contribution < -0.4 is 15.4 Å². The lowest BCUT2D eigenvalue weighted by molar-refractivity contribution is 0.0592. The number of methoxy groups -OCH3 is 2.